The van der Waals surface area contributed by atoms with E-state index >= 15 is 0 Å². The van der Waals surface area contributed by atoms with Crippen molar-refractivity contribution in [3.8, 4) is 5.75 Å². The molecule has 0 aliphatic carbocycles. The molecule has 6 heteroatoms. The van der Waals surface area contributed by atoms with Gasteiger partial charge in [0.1, 0.15) is 5.75 Å². The Bertz CT molecular complexity index is 483. The number of hydrogen-bond acceptors (Lipinski definition) is 4. The number of benzene rings is 1. The molecule has 0 amide bonds. The molecule has 0 heterocycles. The highest BCUT2D eigenvalue weighted by Crippen LogP contribution is 2.33. The van der Waals surface area contributed by atoms with Gasteiger partial charge in [-0.3, -0.25) is 0 Å². The highest BCUT2D eigenvalue weighted by Gasteiger charge is 2.17. The highest BCUT2D eigenvalue weighted by molar-refractivity contribution is 8.13. The normalized spacial score (nSPS) is 11.5. The second-order valence-electron chi connectivity index (χ2n) is 3.28. The molecule has 0 unspecified atom stereocenters. The van der Waals surface area contributed by atoms with Crippen LogP contribution in [0.5, 0.6) is 5.75 Å². The van der Waals surface area contributed by atoms with Crippen LogP contribution in [0.15, 0.2) is 17.0 Å². The maximum absolute atomic E-state index is 11.1. The third-order valence-electron chi connectivity index (χ3n) is 2.16. The maximum Gasteiger partial charge on any atom is 0.236 e. The molecular weight excluding hydrogens is 268 g/mol. The zero-order chi connectivity index (χ0) is 12.3. The van der Waals surface area contributed by atoms with Crippen molar-refractivity contribution < 1.29 is 13.2 Å². The van der Waals surface area contributed by atoms with Gasteiger partial charge in [0.15, 0.2) is 0 Å². The molecule has 0 aliphatic heterocycles. The predicted octanol–water partition coefficient (Wildman–Crippen LogP) is 2.79. The molecular formula is C10H13ClO3S2. The molecule has 0 radical (unpaired) electrons. The zero-order valence-electron chi connectivity index (χ0n) is 9.28. The molecule has 1 aromatic carbocycles. The molecule has 0 aromatic heterocycles. The Balaban J connectivity index is 3.36. The van der Waals surface area contributed by atoms with Crippen molar-refractivity contribution in [1.82, 2.24) is 0 Å². The van der Waals surface area contributed by atoms with E-state index in [-0.39, 0.29) is 5.75 Å². The van der Waals surface area contributed by atoms with E-state index in [9.17, 15) is 8.42 Å². The van der Waals surface area contributed by atoms with Crippen LogP contribution in [0.25, 0.3) is 0 Å². The van der Waals surface area contributed by atoms with Crippen LogP contribution in [0.3, 0.4) is 0 Å². The fraction of sp³-hybridized carbons (Fsp3) is 0.400. The second kappa shape index (κ2) is 5.29. The fourth-order valence-electron chi connectivity index (χ4n) is 1.51. The summed E-state index contributed by atoms with van der Waals surface area (Å²) in [5.74, 6) is 0.381. The molecule has 0 bridgehead atoms. The Kier molecular flexibility index (Phi) is 4.52. The lowest BCUT2D eigenvalue weighted by atomic mass is 10.1. The van der Waals surface area contributed by atoms with Crippen molar-refractivity contribution in [2.45, 2.75) is 17.6 Å². The van der Waals surface area contributed by atoms with Gasteiger partial charge in [-0.25, -0.2) is 8.42 Å². The van der Waals surface area contributed by atoms with Crippen molar-refractivity contribution in [3.63, 3.8) is 0 Å². The zero-order valence-corrected chi connectivity index (χ0v) is 11.7. The van der Waals surface area contributed by atoms with E-state index in [2.05, 4.69) is 0 Å². The van der Waals surface area contributed by atoms with Crippen molar-refractivity contribution in [2.75, 3.05) is 13.4 Å². The third-order valence-corrected chi connectivity index (χ3v) is 3.94. The molecule has 3 nitrogen and oxygen atoms in total. The highest BCUT2D eigenvalue weighted by atomic mass is 35.7. The summed E-state index contributed by atoms with van der Waals surface area (Å²) in [6, 6.07) is 3.77. The van der Waals surface area contributed by atoms with Crippen LogP contribution in [-0.2, 0) is 14.8 Å². The summed E-state index contributed by atoms with van der Waals surface area (Å²) in [6.45, 7) is 1.87. The van der Waals surface area contributed by atoms with Crippen LogP contribution in [0, 0.1) is 6.92 Å². The van der Waals surface area contributed by atoms with E-state index in [1.807, 2.05) is 25.3 Å². The van der Waals surface area contributed by atoms with Gasteiger partial charge in [0.25, 0.3) is 0 Å². The third kappa shape index (κ3) is 3.30. The first-order valence-corrected chi connectivity index (χ1v) is 8.22. The Morgan fingerprint density at radius 2 is 2.06 bits per heavy atom. The summed E-state index contributed by atoms with van der Waals surface area (Å²) >= 11 is 1.47. The molecule has 0 fully saturated rings. The van der Waals surface area contributed by atoms with Crippen molar-refractivity contribution >= 4 is 31.5 Å². The van der Waals surface area contributed by atoms with Gasteiger partial charge in [-0.15, -0.1) is 11.8 Å². The molecule has 0 atom stereocenters. The number of methoxy groups -OCH3 is 1. The number of thioether (sulfide) groups is 1. The maximum atomic E-state index is 11.1. The lowest BCUT2D eigenvalue weighted by molar-refractivity contribution is 0.406. The van der Waals surface area contributed by atoms with E-state index in [4.69, 9.17) is 15.4 Å². The number of halogens is 1. The van der Waals surface area contributed by atoms with Gasteiger partial charge in [-0.2, -0.15) is 0 Å². The number of ether oxygens (including phenoxy) is 1. The minimum atomic E-state index is -3.58. The predicted molar refractivity (Wildman–Crippen MR) is 68.0 cm³/mol. The largest absolute Gasteiger partial charge is 0.496 e. The Morgan fingerprint density at radius 3 is 2.50 bits per heavy atom. The van der Waals surface area contributed by atoms with Crippen LogP contribution in [0.4, 0.5) is 0 Å². The van der Waals surface area contributed by atoms with Gasteiger partial charge in [0.2, 0.25) is 9.05 Å². The summed E-state index contributed by atoms with van der Waals surface area (Å²) in [5, 5.41) is 0. The lowest BCUT2D eigenvalue weighted by Gasteiger charge is -2.13. The van der Waals surface area contributed by atoms with Gasteiger partial charge in [-0.05, 0) is 24.8 Å². The van der Waals surface area contributed by atoms with Crippen LogP contribution >= 0.6 is 22.4 Å². The summed E-state index contributed by atoms with van der Waals surface area (Å²) in [7, 11) is 3.23. The average molecular weight is 281 g/mol. The summed E-state index contributed by atoms with van der Waals surface area (Å²) in [5.41, 5.74) is 1.53. The van der Waals surface area contributed by atoms with E-state index in [0.717, 1.165) is 10.5 Å². The van der Waals surface area contributed by atoms with Crippen molar-refractivity contribution in [1.29, 1.82) is 0 Å². The SMILES string of the molecule is COc1c(C)ccc(SC)c1CS(=O)(=O)Cl. The number of rotatable bonds is 4. The van der Waals surface area contributed by atoms with Gasteiger partial charge in [0, 0.05) is 21.1 Å². The number of aryl methyl sites for hydroxylation is 1. The molecule has 0 N–H and O–H groups in total. The van der Waals surface area contributed by atoms with E-state index in [1.54, 1.807) is 0 Å². The van der Waals surface area contributed by atoms with Crippen LogP contribution in [0.1, 0.15) is 11.1 Å². The van der Waals surface area contributed by atoms with Gasteiger partial charge < -0.3 is 4.74 Å². The molecule has 16 heavy (non-hydrogen) atoms. The molecule has 90 valence electrons. The quantitative estimate of drug-likeness (QED) is 0.628. The second-order valence-corrected chi connectivity index (χ2v) is 6.90. The first-order valence-electron chi connectivity index (χ1n) is 4.52. The summed E-state index contributed by atoms with van der Waals surface area (Å²) < 4.78 is 27.5. The standard InChI is InChI=1S/C10H13ClO3S2/c1-7-4-5-9(15-3)8(10(7)14-2)6-16(11,12)13/h4-5H,6H2,1-3H3. The van der Waals surface area contributed by atoms with Crippen molar-refractivity contribution in [3.05, 3.63) is 23.3 Å². The Morgan fingerprint density at radius 1 is 1.44 bits per heavy atom. The molecule has 0 spiro atoms. The number of hydrogen-bond donors (Lipinski definition) is 0. The summed E-state index contributed by atoms with van der Waals surface area (Å²) in [4.78, 5) is 0.867. The molecule has 1 aromatic rings. The molecule has 0 saturated heterocycles. The Hall–Kier alpha value is -0.390. The molecule has 1 rings (SSSR count). The van der Waals surface area contributed by atoms with Crippen LogP contribution in [0.2, 0.25) is 0 Å². The van der Waals surface area contributed by atoms with E-state index < -0.39 is 9.05 Å². The summed E-state index contributed by atoms with van der Waals surface area (Å²) in [6.07, 6.45) is 1.88. The molecule has 0 saturated carbocycles. The van der Waals surface area contributed by atoms with E-state index in [0.29, 0.717) is 11.3 Å². The van der Waals surface area contributed by atoms with E-state index in [1.165, 1.54) is 18.9 Å². The first kappa shape index (κ1) is 13.7. The minimum Gasteiger partial charge on any atom is -0.496 e. The smallest absolute Gasteiger partial charge is 0.236 e. The van der Waals surface area contributed by atoms with Gasteiger partial charge >= 0.3 is 0 Å². The van der Waals surface area contributed by atoms with Crippen LogP contribution in [-0.4, -0.2) is 21.8 Å². The first-order chi connectivity index (χ1) is 7.39. The van der Waals surface area contributed by atoms with Gasteiger partial charge in [0.05, 0.1) is 12.9 Å². The average Bonchev–Trinajstić information content (AvgIpc) is 2.16. The fourth-order valence-corrected chi connectivity index (χ4v) is 3.18. The van der Waals surface area contributed by atoms with Gasteiger partial charge in [-0.1, -0.05) is 6.07 Å². The molecule has 0 aliphatic rings. The lowest BCUT2D eigenvalue weighted by Crippen LogP contribution is -2.02. The topological polar surface area (TPSA) is 43.4 Å². The monoisotopic (exact) mass is 280 g/mol. The van der Waals surface area contributed by atoms with Crippen LogP contribution < -0.4 is 4.74 Å². The van der Waals surface area contributed by atoms with Crippen molar-refractivity contribution in [2.24, 2.45) is 0 Å². The Labute approximate surface area is 105 Å². The minimum absolute atomic E-state index is 0.213.